The predicted molar refractivity (Wildman–Crippen MR) is 64.1 cm³/mol. The Bertz CT molecular complexity index is 308. The van der Waals surface area contributed by atoms with Crippen LogP contribution in [-0.4, -0.2) is 43.0 Å². The van der Waals surface area contributed by atoms with Crippen LogP contribution in [0.4, 0.5) is 0 Å². The van der Waals surface area contributed by atoms with Crippen molar-refractivity contribution >= 4 is 11.3 Å². The zero-order valence-electron chi connectivity index (χ0n) is 9.22. The van der Waals surface area contributed by atoms with E-state index in [1.807, 2.05) is 11.3 Å². The van der Waals surface area contributed by atoms with E-state index in [0.717, 1.165) is 11.8 Å². The second kappa shape index (κ2) is 3.89. The second-order valence-corrected chi connectivity index (χ2v) is 5.85. The van der Waals surface area contributed by atoms with Crippen LogP contribution in [0.1, 0.15) is 5.56 Å². The molecule has 0 aromatic carbocycles. The highest BCUT2D eigenvalue weighted by Crippen LogP contribution is 2.31. The quantitative estimate of drug-likeness (QED) is 0.752. The van der Waals surface area contributed by atoms with E-state index in [-0.39, 0.29) is 0 Å². The van der Waals surface area contributed by atoms with E-state index in [2.05, 4.69) is 33.7 Å². The van der Waals surface area contributed by atoms with E-state index in [1.165, 1.54) is 38.3 Å². The van der Waals surface area contributed by atoms with Crippen molar-refractivity contribution in [1.29, 1.82) is 0 Å². The Labute approximate surface area is 95.5 Å². The molecule has 0 N–H and O–H groups in total. The summed E-state index contributed by atoms with van der Waals surface area (Å²) in [7, 11) is 2.25. The number of thiophene rings is 1. The van der Waals surface area contributed by atoms with E-state index in [0.29, 0.717) is 0 Å². The molecule has 15 heavy (non-hydrogen) atoms. The van der Waals surface area contributed by atoms with Crippen molar-refractivity contribution in [3.05, 3.63) is 22.4 Å². The maximum atomic E-state index is 2.63. The average Bonchev–Trinajstić information content (AvgIpc) is 2.81. The minimum Gasteiger partial charge on any atom is -0.306 e. The van der Waals surface area contributed by atoms with Crippen LogP contribution >= 0.6 is 11.3 Å². The third-order valence-corrected chi connectivity index (χ3v) is 4.46. The van der Waals surface area contributed by atoms with Gasteiger partial charge < -0.3 is 4.90 Å². The van der Waals surface area contributed by atoms with Gasteiger partial charge >= 0.3 is 0 Å². The SMILES string of the molecule is CN1CC2CN(Cc3ccsc3)CC2C1. The van der Waals surface area contributed by atoms with Gasteiger partial charge in [0.1, 0.15) is 0 Å². The number of fused-ring (bicyclic) bond motifs is 1. The van der Waals surface area contributed by atoms with E-state index in [1.54, 1.807) is 0 Å². The molecule has 3 heteroatoms. The molecular formula is C12H18N2S. The highest BCUT2D eigenvalue weighted by atomic mass is 32.1. The van der Waals surface area contributed by atoms with Crippen LogP contribution in [0.5, 0.6) is 0 Å². The van der Waals surface area contributed by atoms with Gasteiger partial charge in [0.15, 0.2) is 0 Å². The highest BCUT2D eigenvalue weighted by Gasteiger charge is 2.38. The largest absolute Gasteiger partial charge is 0.306 e. The Morgan fingerprint density at radius 2 is 2.00 bits per heavy atom. The molecule has 2 saturated heterocycles. The molecule has 2 unspecified atom stereocenters. The molecule has 2 atom stereocenters. The summed E-state index contributed by atoms with van der Waals surface area (Å²) < 4.78 is 0. The number of hydrogen-bond donors (Lipinski definition) is 0. The van der Waals surface area contributed by atoms with Crippen LogP contribution in [-0.2, 0) is 6.54 Å². The molecule has 0 bridgehead atoms. The molecule has 0 spiro atoms. The maximum absolute atomic E-state index is 2.63. The molecule has 1 aromatic heterocycles. The second-order valence-electron chi connectivity index (χ2n) is 5.07. The van der Waals surface area contributed by atoms with Crippen molar-refractivity contribution < 1.29 is 0 Å². The van der Waals surface area contributed by atoms with Gasteiger partial charge in [0.05, 0.1) is 0 Å². The van der Waals surface area contributed by atoms with Crippen molar-refractivity contribution in [1.82, 2.24) is 9.80 Å². The van der Waals surface area contributed by atoms with E-state index < -0.39 is 0 Å². The van der Waals surface area contributed by atoms with Crippen molar-refractivity contribution in [3.63, 3.8) is 0 Å². The molecule has 0 radical (unpaired) electrons. The van der Waals surface area contributed by atoms with Crippen molar-refractivity contribution in [3.8, 4) is 0 Å². The highest BCUT2D eigenvalue weighted by molar-refractivity contribution is 7.07. The minimum absolute atomic E-state index is 0.939. The number of nitrogens with zero attached hydrogens (tertiary/aromatic N) is 2. The molecule has 82 valence electrons. The lowest BCUT2D eigenvalue weighted by atomic mass is 10.0. The Kier molecular flexibility index (Phi) is 2.54. The lowest BCUT2D eigenvalue weighted by Gasteiger charge is -2.18. The third kappa shape index (κ3) is 1.96. The van der Waals surface area contributed by atoms with Gasteiger partial charge in [-0.3, -0.25) is 4.90 Å². The molecule has 3 rings (SSSR count). The number of likely N-dealkylation sites (tertiary alicyclic amines) is 2. The number of hydrogen-bond acceptors (Lipinski definition) is 3. The summed E-state index contributed by atoms with van der Waals surface area (Å²) in [5, 5.41) is 4.46. The van der Waals surface area contributed by atoms with E-state index >= 15 is 0 Å². The Hall–Kier alpha value is -0.380. The molecule has 2 fully saturated rings. The van der Waals surface area contributed by atoms with Crippen LogP contribution in [0, 0.1) is 11.8 Å². The lowest BCUT2D eigenvalue weighted by Crippen LogP contribution is -2.26. The summed E-state index contributed by atoms with van der Waals surface area (Å²) in [6, 6.07) is 2.25. The smallest absolute Gasteiger partial charge is 0.0242 e. The first-order valence-electron chi connectivity index (χ1n) is 5.73. The van der Waals surface area contributed by atoms with Gasteiger partial charge in [-0.15, -0.1) is 0 Å². The Morgan fingerprint density at radius 1 is 1.27 bits per heavy atom. The fraction of sp³-hybridized carbons (Fsp3) is 0.667. The standard InChI is InChI=1S/C12H18N2S/c1-13-5-11-7-14(8-12(11)6-13)4-10-2-3-15-9-10/h2-3,9,11-12H,4-8H2,1H3. The Morgan fingerprint density at radius 3 is 2.60 bits per heavy atom. The van der Waals surface area contributed by atoms with Crippen molar-refractivity contribution in [2.24, 2.45) is 11.8 Å². The lowest BCUT2D eigenvalue weighted by molar-refractivity contribution is 0.272. The van der Waals surface area contributed by atoms with Crippen molar-refractivity contribution in [2.45, 2.75) is 6.54 Å². The summed E-state index contributed by atoms with van der Waals surface area (Å²) in [6.07, 6.45) is 0. The zero-order valence-corrected chi connectivity index (χ0v) is 10.0. The molecule has 2 aliphatic rings. The minimum atomic E-state index is 0.939. The van der Waals surface area contributed by atoms with Crippen LogP contribution in [0.2, 0.25) is 0 Å². The Balaban J connectivity index is 1.59. The monoisotopic (exact) mass is 222 g/mol. The van der Waals surface area contributed by atoms with Gasteiger partial charge in [0, 0.05) is 32.7 Å². The molecular weight excluding hydrogens is 204 g/mol. The first-order chi connectivity index (χ1) is 7.31. The molecule has 0 aliphatic carbocycles. The fourth-order valence-electron chi connectivity index (χ4n) is 3.09. The third-order valence-electron chi connectivity index (χ3n) is 3.73. The molecule has 2 nitrogen and oxygen atoms in total. The average molecular weight is 222 g/mol. The van der Waals surface area contributed by atoms with Gasteiger partial charge in [-0.25, -0.2) is 0 Å². The maximum Gasteiger partial charge on any atom is 0.0242 e. The normalized spacial score (nSPS) is 32.3. The molecule has 1 aromatic rings. The predicted octanol–water partition coefficient (Wildman–Crippen LogP) is 1.74. The van der Waals surface area contributed by atoms with Gasteiger partial charge in [-0.2, -0.15) is 11.3 Å². The van der Waals surface area contributed by atoms with Gasteiger partial charge in [-0.05, 0) is 41.3 Å². The zero-order chi connectivity index (χ0) is 10.3. The summed E-state index contributed by atoms with van der Waals surface area (Å²) in [4.78, 5) is 5.11. The summed E-state index contributed by atoms with van der Waals surface area (Å²) in [5.41, 5.74) is 1.49. The van der Waals surface area contributed by atoms with Crippen LogP contribution in [0.15, 0.2) is 16.8 Å². The fourth-order valence-corrected chi connectivity index (χ4v) is 3.75. The summed E-state index contributed by atoms with van der Waals surface area (Å²) in [6.45, 7) is 6.41. The van der Waals surface area contributed by atoms with Crippen LogP contribution in [0.3, 0.4) is 0 Å². The number of rotatable bonds is 2. The van der Waals surface area contributed by atoms with Gasteiger partial charge in [0.2, 0.25) is 0 Å². The van der Waals surface area contributed by atoms with E-state index in [9.17, 15) is 0 Å². The molecule has 3 heterocycles. The molecule has 2 aliphatic heterocycles. The summed E-state index contributed by atoms with van der Waals surface area (Å²) in [5.74, 6) is 1.88. The van der Waals surface area contributed by atoms with Gasteiger partial charge in [0.25, 0.3) is 0 Å². The van der Waals surface area contributed by atoms with Gasteiger partial charge in [-0.1, -0.05) is 0 Å². The van der Waals surface area contributed by atoms with Crippen LogP contribution in [0.25, 0.3) is 0 Å². The molecule has 0 saturated carbocycles. The van der Waals surface area contributed by atoms with Crippen LogP contribution < -0.4 is 0 Å². The van der Waals surface area contributed by atoms with E-state index in [4.69, 9.17) is 0 Å². The first kappa shape index (κ1) is 9.82. The first-order valence-corrected chi connectivity index (χ1v) is 6.67. The topological polar surface area (TPSA) is 6.48 Å². The summed E-state index contributed by atoms with van der Waals surface area (Å²) >= 11 is 1.81. The van der Waals surface area contributed by atoms with Crippen molar-refractivity contribution in [2.75, 3.05) is 33.2 Å². The molecule has 0 amide bonds.